The quantitative estimate of drug-likeness (QED) is 0.571. The standard InChI is InChI=1S/C20H17N3O3S/c1-12-2-4-13(5-3-12)17-11-27-20-22-16-7-6-14(18(25)21-8-9-24)10-15(16)19(26)23(17)20/h2-7,10-11,24H,8-9H2,1H3,(H,21,25). The van der Waals surface area contributed by atoms with Crippen LogP contribution in [0.5, 0.6) is 0 Å². The van der Waals surface area contributed by atoms with Crippen LogP contribution in [-0.2, 0) is 0 Å². The molecule has 0 bridgehead atoms. The summed E-state index contributed by atoms with van der Waals surface area (Å²) in [7, 11) is 0. The van der Waals surface area contributed by atoms with Crippen LogP contribution >= 0.6 is 11.3 Å². The Morgan fingerprint density at radius 3 is 2.74 bits per heavy atom. The van der Waals surface area contributed by atoms with Crippen LogP contribution in [0.4, 0.5) is 0 Å². The molecule has 1 amide bonds. The number of rotatable bonds is 4. The van der Waals surface area contributed by atoms with Crippen molar-refractivity contribution >= 4 is 33.1 Å². The van der Waals surface area contributed by atoms with Crippen molar-refractivity contribution in [3.63, 3.8) is 0 Å². The molecule has 0 atom stereocenters. The van der Waals surface area contributed by atoms with E-state index in [1.807, 2.05) is 36.6 Å². The Hall–Kier alpha value is -3.03. The maximum absolute atomic E-state index is 13.2. The van der Waals surface area contributed by atoms with E-state index in [4.69, 9.17) is 5.11 Å². The average Bonchev–Trinajstić information content (AvgIpc) is 3.11. The number of aliphatic hydroxyl groups excluding tert-OH is 1. The number of aryl methyl sites for hydroxylation is 1. The van der Waals surface area contributed by atoms with Crippen LogP contribution in [0.25, 0.3) is 27.1 Å². The predicted molar refractivity (Wildman–Crippen MR) is 106 cm³/mol. The number of carbonyl (C=O) groups is 1. The SMILES string of the molecule is Cc1ccc(-c2csc3nc4ccc(C(=O)NCCO)cc4c(=O)n23)cc1. The minimum Gasteiger partial charge on any atom is -0.395 e. The van der Waals surface area contributed by atoms with Crippen molar-refractivity contribution in [3.8, 4) is 11.3 Å². The fourth-order valence-corrected chi connectivity index (χ4v) is 3.85. The van der Waals surface area contributed by atoms with Gasteiger partial charge < -0.3 is 10.4 Å². The lowest BCUT2D eigenvalue weighted by Crippen LogP contribution is -2.26. The number of carbonyl (C=O) groups excluding carboxylic acids is 1. The van der Waals surface area contributed by atoms with Gasteiger partial charge in [0.25, 0.3) is 11.5 Å². The molecule has 0 spiro atoms. The van der Waals surface area contributed by atoms with Crippen LogP contribution in [0, 0.1) is 6.92 Å². The lowest BCUT2D eigenvalue weighted by molar-refractivity contribution is 0.0945. The molecule has 4 aromatic rings. The van der Waals surface area contributed by atoms with E-state index in [1.54, 1.807) is 22.6 Å². The fourth-order valence-electron chi connectivity index (χ4n) is 2.95. The zero-order valence-corrected chi connectivity index (χ0v) is 15.4. The number of aromatic nitrogens is 2. The molecule has 0 aliphatic rings. The predicted octanol–water partition coefficient (Wildman–Crippen LogP) is 2.61. The number of nitrogens with one attached hydrogen (secondary N) is 1. The molecule has 0 fully saturated rings. The molecule has 0 aliphatic carbocycles. The van der Waals surface area contributed by atoms with Crippen molar-refractivity contribution in [2.45, 2.75) is 6.92 Å². The summed E-state index contributed by atoms with van der Waals surface area (Å²) in [6.45, 7) is 2.04. The van der Waals surface area contributed by atoms with E-state index in [2.05, 4.69) is 10.3 Å². The first-order valence-electron chi connectivity index (χ1n) is 8.48. The Balaban J connectivity index is 1.89. The van der Waals surface area contributed by atoms with Crippen LogP contribution in [-0.4, -0.2) is 33.6 Å². The molecule has 0 aliphatic heterocycles. The molecule has 6 nitrogen and oxygen atoms in total. The molecule has 4 rings (SSSR count). The third kappa shape index (κ3) is 3.11. The average molecular weight is 379 g/mol. The highest BCUT2D eigenvalue weighted by Crippen LogP contribution is 2.25. The topological polar surface area (TPSA) is 83.7 Å². The van der Waals surface area contributed by atoms with E-state index in [9.17, 15) is 9.59 Å². The van der Waals surface area contributed by atoms with Gasteiger partial charge in [0.1, 0.15) is 0 Å². The van der Waals surface area contributed by atoms with Gasteiger partial charge in [-0.05, 0) is 30.7 Å². The smallest absolute Gasteiger partial charge is 0.266 e. The van der Waals surface area contributed by atoms with Crippen molar-refractivity contribution in [2.75, 3.05) is 13.2 Å². The van der Waals surface area contributed by atoms with Gasteiger partial charge >= 0.3 is 0 Å². The van der Waals surface area contributed by atoms with Crippen LogP contribution in [0.1, 0.15) is 15.9 Å². The Labute approximate surface area is 158 Å². The Kier molecular flexibility index (Phi) is 4.47. The van der Waals surface area contributed by atoms with E-state index < -0.39 is 0 Å². The lowest BCUT2D eigenvalue weighted by atomic mass is 10.1. The largest absolute Gasteiger partial charge is 0.395 e. The molecule has 136 valence electrons. The monoisotopic (exact) mass is 379 g/mol. The minimum absolute atomic E-state index is 0.140. The molecular weight excluding hydrogens is 362 g/mol. The molecule has 2 aromatic heterocycles. The van der Waals surface area contributed by atoms with Crippen LogP contribution in [0.3, 0.4) is 0 Å². The van der Waals surface area contributed by atoms with Crippen molar-refractivity contribution in [2.24, 2.45) is 0 Å². The second-order valence-corrected chi connectivity index (χ2v) is 7.07. The molecule has 0 radical (unpaired) electrons. The summed E-state index contributed by atoms with van der Waals surface area (Å²) < 4.78 is 1.59. The maximum atomic E-state index is 13.2. The van der Waals surface area contributed by atoms with Gasteiger partial charge in [0.05, 0.1) is 23.2 Å². The van der Waals surface area contributed by atoms with Crippen LogP contribution in [0.2, 0.25) is 0 Å². The maximum Gasteiger partial charge on any atom is 0.266 e. The summed E-state index contributed by atoms with van der Waals surface area (Å²) >= 11 is 1.41. The molecule has 2 heterocycles. The zero-order chi connectivity index (χ0) is 19.0. The van der Waals surface area contributed by atoms with Crippen molar-refractivity contribution in [1.82, 2.24) is 14.7 Å². The number of thiazole rings is 1. The van der Waals surface area contributed by atoms with Gasteiger partial charge in [-0.2, -0.15) is 0 Å². The lowest BCUT2D eigenvalue weighted by Gasteiger charge is -2.06. The van der Waals surface area contributed by atoms with Crippen LogP contribution in [0.15, 0.2) is 52.6 Å². The number of amides is 1. The highest BCUT2D eigenvalue weighted by atomic mass is 32.1. The minimum atomic E-state index is -0.334. The molecule has 7 heteroatoms. The third-order valence-corrected chi connectivity index (χ3v) is 5.19. The summed E-state index contributed by atoms with van der Waals surface area (Å²) in [5.41, 5.74) is 3.57. The highest BCUT2D eigenvalue weighted by Gasteiger charge is 2.14. The molecule has 27 heavy (non-hydrogen) atoms. The zero-order valence-electron chi connectivity index (χ0n) is 14.6. The van der Waals surface area contributed by atoms with Crippen LogP contribution < -0.4 is 10.9 Å². The third-order valence-electron chi connectivity index (χ3n) is 4.36. The van der Waals surface area contributed by atoms with E-state index in [0.717, 1.165) is 16.8 Å². The number of aliphatic hydroxyl groups is 1. The summed E-state index contributed by atoms with van der Waals surface area (Å²) in [5, 5.41) is 13.7. The molecule has 2 aromatic carbocycles. The molecule has 0 saturated heterocycles. The highest BCUT2D eigenvalue weighted by molar-refractivity contribution is 7.15. The van der Waals surface area contributed by atoms with Gasteiger partial charge in [-0.25, -0.2) is 4.98 Å². The molecule has 2 N–H and O–H groups in total. The second-order valence-electron chi connectivity index (χ2n) is 6.23. The van der Waals surface area contributed by atoms with E-state index in [1.165, 1.54) is 11.3 Å². The van der Waals surface area contributed by atoms with E-state index in [-0.39, 0.29) is 24.6 Å². The van der Waals surface area contributed by atoms with Crippen molar-refractivity contribution < 1.29 is 9.90 Å². The van der Waals surface area contributed by atoms with E-state index >= 15 is 0 Å². The first kappa shape index (κ1) is 17.4. The van der Waals surface area contributed by atoms with Gasteiger partial charge in [-0.1, -0.05) is 29.8 Å². The van der Waals surface area contributed by atoms with Crippen molar-refractivity contribution in [1.29, 1.82) is 0 Å². The molecular formula is C20H17N3O3S. The Bertz CT molecular complexity index is 1210. The first-order valence-corrected chi connectivity index (χ1v) is 9.36. The summed E-state index contributed by atoms with van der Waals surface area (Å²) in [5.74, 6) is -0.334. The number of fused-ring (bicyclic) bond motifs is 2. The number of hydrogen-bond acceptors (Lipinski definition) is 5. The molecule has 0 unspecified atom stereocenters. The second kappa shape index (κ2) is 6.94. The summed E-state index contributed by atoms with van der Waals surface area (Å²) in [6.07, 6.45) is 0. The Morgan fingerprint density at radius 1 is 1.22 bits per heavy atom. The summed E-state index contributed by atoms with van der Waals surface area (Å²) in [6, 6.07) is 12.8. The van der Waals surface area contributed by atoms with Crippen molar-refractivity contribution in [3.05, 3.63) is 69.3 Å². The fraction of sp³-hybridized carbons (Fsp3) is 0.150. The first-order chi connectivity index (χ1) is 13.1. The number of benzene rings is 2. The van der Waals surface area contributed by atoms with Gasteiger partial charge in [0, 0.05) is 17.5 Å². The van der Waals surface area contributed by atoms with Gasteiger partial charge in [0.15, 0.2) is 4.96 Å². The van der Waals surface area contributed by atoms with Gasteiger partial charge in [-0.15, -0.1) is 11.3 Å². The van der Waals surface area contributed by atoms with E-state index in [0.29, 0.717) is 21.4 Å². The van der Waals surface area contributed by atoms with Gasteiger partial charge in [0.2, 0.25) is 0 Å². The Morgan fingerprint density at radius 2 is 2.00 bits per heavy atom. The summed E-state index contributed by atoms with van der Waals surface area (Å²) in [4.78, 5) is 30.5. The molecule has 0 saturated carbocycles. The van der Waals surface area contributed by atoms with Gasteiger partial charge in [-0.3, -0.25) is 14.0 Å². The number of hydrogen-bond donors (Lipinski definition) is 2. The number of nitrogens with zero attached hydrogens (tertiary/aromatic N) is 2. The normalized spacial score (nSPS) is 11.2.